The predicted molar refractivity (Wildman–Crippen MR) is 171 cm³/mol. The summed E-state index contributed by atoms with van der Waals surface area (Å²) >= 11 is 1.69. The van der Waals surface area contributed by atoms with Crippen LogP contribution >= 0.6 is 11.3 Å². The molecule has 0 unspecified atom stereocenters. The van der Waals surface area contributed by atoms with Crippen molar-refractivity contribution in [3.05, 3.63) is 47.2 Å². The Labute approximate surface area is 265 Å². The normalized spacial score (nSPS) is 23.1. The molecule has 0 radical (unpaired) electrons. The van der Waals surface area contributed by atoms with Crippen molar-refractivity contribution in [1.29, 1.82) is 0 Å². The number of H-pyrrole nitrogens is 1. The number of aromatic nitrogens is 6. The van der Waals surface area contributed by atoms with Gasteiger partial charge in [-0.2, -0.15) is 10.2 Å². The summed E-state index contributed by atoms with van der Waals surface area (Å²) in [5.41, 5.74) is 3.54. The van der Waals surface area contributed by atoms with E-state index in [9.17, 15) is 9.59 Å². The number of ether oxygens (including phenoxy) is 1. The number of fused-ring (bicyclic) bond motifs is 1. The minimum atomic E-state index is -0.453. The largest absolute Gasteiger partial charge is 0.381 e. The Morgan fingerprint density at radius 3 is 2.76 bits per heavy atom. The van der Waals surface area contributed by atoms with Crippen LogP contribution in [0.3, 0.4) is 0 Å². The molecule has 8 heterocycles. The smallest absolute Gasteiger partial charge is 0.237 e. The molecule has 45 heavy (non-hydrogen) atoms. The van der Waals surface area contributed by atoms with Gasteiger partial charge in [0.15, 0.2) is 5.82 Å². The van der Waals surface area contributed by atoms with Crippen LogP contribution in [0.2, 0.25) is 0 Å². The zero-order chi connectivity index (χ0) is 30.5. The lowest BCUT2D eigenvalue weighted by atomic mass is 9.85. The van der Waals surface area contributed by atoms with Gasteiger partial charge >= 0.3 is 0 Å². The third-order valence-corrected chi connectivity index (χ3v) is 11.1. The van der Waals surface area contributed by atoms with E-state index >= 15 is 0 Å². The summed E-state index contributed by atoms with van der Waals surface area (Å²) < 4.78 is 7.25. The molecule has 1 N–H and O–H groups in total. The minimum Gasteiger partial charge on any atom is -0.381 e. The summed E-state index contributed by atoms with van der Waals surface area (Å²) in [4.78, 5) is 44.8. The molecular weight excluding hydrogens is 590 g/mol. The molecule has 1 atom stereocenters. The maximum atomic E-state index is 13.9. The highest BCUT2D eigenvalue weighted by atomic mass is 32.1. The first-order valence-corrected chi connectivity index (χ1v) is 16.7. The van der Waals surface area contributed by atoms with Gasteiger partial charge in [0.1, 0.15) is 17.7 Å². The summed E-state index contributed by atoms with van der Waals surface area (Å²) in [5.74, 6) is 2.00. The number of aromatic amines is 1. The van der Waals surface area contributed by atoms with Crippen LogP contribution in [-0.2, 0) is 21.4 Å². The molecule has 1 spiro atoms. The Balaban J connectivity index is 0.890. The number of carbonyl (C=O) groups excluding carboxylic acids is 2. The van der Waals surface area contributed by atoms with Crippen LogP contribution in [0.15, 0.2) is 36.7 Å². The maximum absolute atomic E-state index is 13.9. The van der Waals surface area contributed by atoms with E-state index < -0.39 is 5.41 Å². The van der Waals surface area contributed by atoms with E-state index in [4.69, 9.17) is 9.72 Å². The summed E-state index contributed by atoms with van der Waals surface area (Å²) in [6.07, 6.45) is 8.12. The molecule has 0 aliphatic carbocycles. The second-order valence-corrected chi connectivity index (χ2v) is 13.8. The van der Waals surface area contributed by atoms with Gasteiger partial charge in [0, 0.05) is 57.2 Å². The summed E-state index contributed by atoms with van der Waals surface area (Å²) in [5, 5.41) is 12.1. The lowest BCUT2D eigenvalue weighted by Crippen LogP contribution is -2.43. The third kappa shape index (κ3) is 5.26. The predicted octanol–water partition coefficient (Wildman–Crippen LogP) is 3.45. The van der Waals surface area contributed by atoms with Crippen LogP contribution in [0.5, 0.6) is 0 Å². The van der Waals surface area contributed by atoms with Crippen LogP contribution in [0, 0.1) is 5.41 Å². The molecule has 2 amide bonds. The molecule has 3 fully saturated rings. The first-order chi connectivity index (χ1) is 22.0. The van der Waals surface area contributed by atoms with Crippen LogP contribution in [0.25, 0.3) is 27.3 Å². The molecule has 0 aromatic carbocycles. The van der Waals surface area contributed by atoms with Crippen molar-refractivity contribution in [1.82, 2.24) is 39.7 Å². The lowest BCUT2D eigenvalue weighted by Gasteiger charge is -2.29. The van der Waals surface area contributed by atoms with Gasteiger partial charge in [-0.1, -0.05) is 6.08 Å². The van der Waals surface area contributed by atoms with Crippen molar-refractivity contribution < 1.29 is 14.3 Å². The number of thiophene rings is 1. The topological polar surface area (TPSA) is 125 Å². The Bertz CT molecular complexity index is 1790. The van der Waals surface area contributed by atoms with E-state index in [1.54, 1.807) is 22.3 Å². The van der Waals surface area contributed by atoms with Crippen molar-refractivity contribution in [2.45, 2.75) is 38.0 Å². The highest BCUT2D eigenvalue weighted by Crippen LogP contribution is 2.42. The molecule has 0 saturated carbocycles. The van der Waals surface area contributed by atoms with Gasteiger partial charge in [-0.25, -0.2) is 9.97 Å². The standard InChI is InChI=1S/C32H37N9O3S/c1-38-20-33-30(37-38)25-4-3-24(45-25)21-6-12-40(13-7-21)27(42)18-39-14-10-32(19-39)11-15-41(31(32)43)26-5-2-23-29(34-26)28(36-35-23)22-8-16-44-17-9-22/h2-6,20,22H,7-19H2,1H3,(H,35,36)/t32-/m0/s1. The fourth-order valence-electron chi connectivity index (χ4n) is 7.32. The van der Waals surface area contributed by atoms with Gasteiger partial charge in [-0.05, 0) is 68.5 Å². The maximum Gasteiger partial charge on any atom is 0.237 e. The van der Waals surface area contributed by atoms with E-state index in [0.717, 1.165) is 79.3 Å². The average molecular weight is 628 g/mol. The van der Waals surface area contributed by atoms with Crippen LogP contribution in [-0.4, -0.2) is 104 Å². The van der Waals surface area contributed by atoms with E-state index in [1.165, 1.54) is 10.5 Å². The van der Waals surface area contributed by atoms with Crippen molar-refractivity contribution in [2.24, 2.45) is 12.5 Å². The first kappa shape index (κ1) is 28.5. The van der Waals surface area contributed by atoms with E-state index in [-0.39, 0.29) is 11.8 Å². The SMILES string of the molecule is Cn1cnc(-c2ccc(C3=CCN(C(=O)CN4CC[C@]5(CCN(c6ccc7[nH]nc(C8CCOCC8)c7n6)C5=O)C4)CC3)s2)n1. The molecule has 12 nitrogen and oxygen atoms in total. The zero-order valence-electron chi connectivity index (χ0n) is 25.4. The number of rotatable bonds is 6. The van der Waals surface area contributed by atoms with Crippen molar-refractivity contribution in [3.63, 3.8) is 0 Å². The van der Waals surface area contributed by atoms with E-state index in [2.05, 4.69) is 43.4 Å². The summed E-state index contributed by atoms with van der Waals surface area (Å²) in [6.45, 7) is 5.13. The first-order valence-electron chi connectivity index (χ1n) is 15.9. The summed E-state index contributed by atoms with van der Waals surface area (Å²) in [7, 11) is 1.87. The number of aryl methyl sites for hydroxylation is 1. The molecule has 4 aromatic heterocycles. The summed E-state index contributed by atoms with van der Waals surface area (Å²) in [6, 6.07) is 8.10. The Kier molecular flexibility index (Phi) is 7.26. The van der Waals surface area contributed by atoms with Gasteiger partial charge in [0.2, 0.25) is 11.8 Å². The number of hydrogen-bond donors (Lipinski definition) is 1. The van der Waals surface area contributed by atoms with E-state index in [0.29, 0.717) is 44.5 Å². The number of anilines is 1. The van der Waals surface area contributed by atoms with Crippen molar-refractivity contribution >= 4 is 45.6 Å². The second kappa shape index (κ2) is 11.5. The van der Waals surface area contributed by atoms with Crippen molar-refractivity contribution in [2.75, 3.05) is 57.4 Å². The number of amides is 2. The number of nitrogens with zero attached hydrogens (tertiary/aromatic N) is 8. The zero-order valence-corrected chi connectivity index (χ0v) is 26.3. The Hall–Kier alpha value is -3.94. The molecule has 4 aliphatic rings. The van der Waals surface area contributed by atoms with Gasteiger partial charge < -0.3 is 9.64 Å². The highest BCUT2D eigenvalue weighted by molar-refractivity contribution is 7.16. The molecule has 13 heteroatoms. The fraction of sp³-hybridized carbons (Fsp3) is 0.500. The Morgan fingerprint density at radius 2 is 1.96 bits per heavy atom. The van der Waals surface area contributed by atoms with Gasteiger partial charge in [0.25, 0.3) is 0 Å². The number of carbonyl (C=O) groups is 2. The number of likely N-dealkylation sites (tertiary alicyclic amines) is 1. The quantitative estimate of drug-likeness (QED) is 0.345. The molecule has 8 rings (SSSR count). The number of nitrogens with one attached hydrogen (secondary N) is 1. The molecule has 0 bridgehead atoms. The minimum absolute atomic E-state index is 0.127. The number of pyridine rings is 1. The number of hydrogen-bond acceptors (Lipinski definition) is 9. The monoisotopic (exact) mass is 627 g/mol. The molecule has 4 aromatic rings. The van der Waals surface area contributed by atoms with Gasteiger partial charge in [0.05, 0.1) is 28.0 Å². The van der Waals surface area contributed by atoms with Crippen LogP contribution < -0.4 is 4.90 Å². The van der Waals surface area contributed by atoms with E-state index in [1.807, 2.05) is 29.0 Å². The lowest BCUT2D eigenvalue weighted by molar-refractivity contribution is -0.132. The molecule has 4 aliphatic heterocycles. The fourth-order valence-corrected chi connectivity index (χ4v) is 8.33. The second-order valence-electron chi connectivity index (χ2n) is 12.7. The van der Waals surface area contributed by atoms with Crippen LogP contribution in [0.1, 0.15) is 48.6 Å². The third-order valence-electron chi connectivity index (χ3n) is 9.91. The van der Waals surface area contributed by atoms with Crippen LogP contribution in [0.4, 0.5) is 5.82 Å². The van der Waals surface area contributed by atoms with Gasteiger partial charge in [-0.3, -0.25) is 29.2 Å². The highest BCUT2D eigenvalue weighted by Gasteiger charge is 2.51. The van der Waals surface area contributed by atoms with Gasteiger partial charge in [-0.15, -0.1) is 11.3 Å². The van der Waals surface area contributed by atoms with Crippen molar-refractivity contribution in [3.8, 4) is 10.7 Å². The Morgan fingerprint density at radius 1 is 1.11 bits per heavy atom. The molecule has 234 valence electrons. The average Bonchev–Trinajstić information content (AvgIpc) is 3.91. The molecular formula is C32H37N9O3S. The molecule has 3 saturated heterocycles.